The molecule has 8 heteroatoms. The average Bonchev–Trinajstić information content (AvgIpc) is 2.86. The average molecular weight is 309 g/mol. The van der Waals surface area contributed by atoms with Crippen molar-refractivity contribution >= 4 is 11.8 Å². The van der Waals surface area contributed by atoms with Crippen LogP contribution in [0.2, 0.25) is 0 Å². The lowest BCUT2D eigenvalue weighted by molar-refractivity contribution is 0.424. The van der Waals surface area contributed by atoms with Crippen molar-refractivity contribution in [3.05, 3.63) is 20.7 Å². The van der Waals surface area contributed by atoms with E-state index >= 15 is 0 Å². The quantitative estimate of drug-likeness (QED) is 0.762. The molecule has 0 aromatic carbocycles. The van der Waals surface area contributed by atoms with E-state index in [2.05, 4.69) is 28.4 Å². The third-order valence-electron chi connectivity index (χ3n) is 3.62. The first-order chi connectivity index (χ1) is 9.99. The molecule has 2 atom stereocenters. The van der Waals surface area contributed by atoms with Crippen molar-refractivity contribution in [2.24, 2.45) is 7.05 Å². The minimum Gasteiger partial charge on any atom is -0.299 e. The van der Waals surface area contributed by atoms with Crippen molar-refractivity contribution in [1.29, 1.82) is 5.26 Å². The van der Waals surface area contributed by atoms with Crippen LogP contribution < -0.4 is 16.4 Å². The van der Waals surface area contributed by atoms with Gasteiger partial charge in [0.05, 0.1) is 6.07 Å². The molecular weight excluding hydrogens is 290 g/mol. The van der Waals surface area contributed by atoms with Gasteiger partial charge >= 0.3 is 11.1 Å². The Morgan fingerprint density at radius 1 is 1.62 bits per heavy atom. The predicted octanol–water partition coefficient (Wildman–Crippen LogP) is 0.375. The minimum absolute atomic E-state index is 0.206. The maximum atomic E-state index is 11.3. The lowest BCUT2D eigenvalue weighted by Gasteiger charge is -2.22. The summed E-state index contributed by atoms with van der Waals surface area (Å²) in [6.45, 7) is 2.89. The second-order valence-electron chi connectivity index (χ2n) is 5.30. The number of nitrogens with one attached hydrogen (secondary N) is 2. The molecule has 0 radical (unpaired) electrons. The largest absolute Gasteiger partial charge is 0.339 e. The fraction of sp³-hybridized carbons (Fsp3) is 0.692. The molecule has 2 rings (SSSR count). The number of thioether (sulfide) groups is 1. The first-order valence-electron chi connectivity index (χ1n) is 7.00. The van der Waals surface area contributed by atoms with E-state index in [0.29, 0.717) is 11.6 Å². The Morgan fingerprint density at radius 2 is 2.38 bits per heavy atom. The highest BCUT2D eigenvalue weighted by Crippen LogP contribution is 2.38. The zero-order chi connectivity index (χ0) is 15.5. The maximum Gasteiger partial charge on any atom is 0.339 e. The van der Waals surface area contributed by atoms with E-state index in [1.165, 1.54) is 16.4 Å². The van der Waals surface area contributed by atoms with Gasteiger partial charge in [0, 0.05) is 12.3 Å². The number of nitriles is 1. The van der Waals surface area contributed by atoms with Crippen LogP contribution in [0, 0.1) is 11.3 Å². The normalized spacial score (nSPS) is 24.9. The highest BCUT2D eigenvalue weighted by atomic mass is 32.2. The maximum absolute atomic E-state index is 11.3. The topological polar surface area (TPSA) is 104 Å². The van der Waals surface area contributed by atoms with E-state index in [9.17, 15) is 14.9 Å². The molecule has 0 amide bonds. The molecule has 0 spiro atoms. The molecule has 1 aliphatic carbocycles. The SMILES string of the molecule is CCCNC1(C#N)CCC(Sc2nc(=O)c(=O)[nH]n2C)C1. The summed E-state index contributed by atoms with van der Waals surface area (Å²) < 4.78 is 1.46. The van der Waals surface area contributed by atoms with Gasteiger partial charge in [-0.3, -0.25) is 24.7 Å². The molecule has 114 valence electrons. The molecule has 7 nitrogen and oxygen atoms in total. The lowest BCUT2D eigenvalue weighted by Crippen LogP contribution is -2.42. The highest BCUT2D eigenvalue weighted by Gasteiger charge is 2.39. The Balaban J connectivity index is 2.09. The molecular formula is C13H19N5O2S. The van der Waals surface area contributed by atoms with Crippen LogP contribution in [0.4, 0.5) is 0 Å². The van der Waals surface area contributed by atoms with Crippen molar-refractivity contribution in [2.45, 2.75) is 48.6 Å². The molecule has 21 heavy (non-hydrogen) atoms. The highest BCUT2D eigenvalue weighted by molar-refractivity contribution is 7.99. The fourth-order valence-electron chi connectivity index (χ4n) is 2.48. The Bertz CT molecular complexity index is 662. The molecule has 0 saturated heterocycles. The van der Waals surface area contributed by atoms with Crippen LogP contribution in [0.15, 0.2) is 14.7 Å². The molecule has 1 heterocycles. The van der Waals surface area contributed by atoms with E-state index in [4.69, 9.17) is 0 Å². The Hall–Kier alpha value is -1.59. The van der Waals surface area contributed by atoms with Gasteiger partial charge in [-0.15, -0.1) is 0 Å². The van der Waals surface area contributed by atoms with Crippen LogP contribution in [0.5, 0.6) is 0 Å². The molecule has 1 fully saturated rings. The first kappa shape index (κ1) is 15.8. The van der Waals surface area contributed by atoms with E-state index in [1.807, 2.05) is 0 Å². The van der Waals surface area contributed by atoms with Crippen LogP contribution >= 0.6 is 11.8 Å². The Kier molecular flexibility index (Phi) is 4.85. The molecule has 1 aliphatic rings. The number of nitrogens with zero attached hydrogens (tertiary/aromatic N) is 3. The van der Waals surface area contributed by atoms with Crippen molar-refractivity contribution in [1.82, 2.24) is 20.1 Å². The van der Waals surface area contributed by atoms with Crippen LogP contribution in [-0.4, -0.2) is 32.1 Å². The first-order valence-corrected chi connectivity index (χ1v) is 7.88. The zero-order valence-corrected chi connectivity index (χ0v) is 13.0. The van der Waals surface area contributed by atoms with Gasteiger partial charge in [0.1, 0.15) is 5.54 Å². The van der Waals surface area contributed by atoms with E-state index < -0.39 is 16.7 Å². The van der Waals surface area contributed by atoms with Crippen molar-refractivity contribution in [3.63, 3.8) is 0 Å². The van der Waals surface area contributed by atoms with Gasteiger partial charge in [0.15, 0.2) is 5.16 Å². The summed E-state index contributed by atoms with van der Waals surface area (Å²) in [6, 6.07) is 2.39. The van der Waals surface area contributed by atoms with E-state index in [1.54, 1.807) is 7.05 Å². The molecule has 0 bridgehead atoms. The summed E-state index contributed by atoms with van der Waals surface area (Å²) in [5, 5.41) is 15.9. The second kappa shape index (κ2) is 6.45. The number of aryl methyl sites for hydroxylation is 1. The number of hydrogen-bond donors (Lipinski definition) is 2. The van der Waals surface area contributed by atoms with Crippen LogP contribution in [0.25, 0.3) is 0 Å². The third kappa shape index (κ3) is 3.54. The number of rotatable bonds is 5. The van der Waals surface area contributed by atoms with Crippen molar-refractivity contribution in [2.75, 3.05) is 6.54 Å². The summed E-state index contributed by atoms with van der Waals surface area (Å²) in [5.74, 6) is 0. The Morgan fingerprint density at radius 3 is 3.05 bits per heavy atom. The second-order valence-corrected chi connectivity index (χ2v) is 6.57. The summed E-state index contributed by atoms with van der Waals surface area (Å²) in [6.07, 6.45) is 3.36. The van der Waals surface area contributed by atoms with Crippen LogP contribution in [0.3, 0.4) is 0 Å². The third-order valence-corrected chi connectivity index (χ3v) is 4.93. The summed E-state index contributed by atoms with van der Waals surface area (Å²) >= 11 is 1.44. The monoisotopic (exact) mass is 309 g/mol. The van der Waals surface area contributed by atoms with Crippen molar-refractivity contribution < 1.29 is 0 Å². The molecule has 1 aromatic rings. The van der Waals surface area contributed by atoms with Gasteiger partial charge in [0.25, 0.3) is 0 Å². The van der Waals surface area contributed by atoms with E-state index in [0.717, 1.165) is 25.8 Å². The van der Waals surface area contributed by atoms with Crippen LogP contribution in [0.1, 0.15) is 32.6 Å². The molecule has 1 aromatic heterocycles. The van der Waals surface area contributed by atoms with Gasteiger partial charge in [-0.2, -0.15) is 10.2 Å². The van der Waals surface area contributed by atoms with Crippen LogP contribution in [-0.2, 0) is 7.05 Å². The molecule has 1 saturated carbocycles. The lowest BCUT2D eigenvalue weighted by atomic mass is 10.00. The fourth-order valence-corrected chi connectivity index (χ4v) is 3.72. The zero-order valence-electron chi connectivity index (χ0n) is 12.2. The number of H-pyrrole nitrogens is 1. The standard InChI is InChI=1S/C13H19N5O2S/c1-3-6-15-13(8-14)5-4-9(7-13)21-12-16-10(19)11(20)17-18(12)2/h9,15H,3-7H2,1-2H3,(H,17,20). The summed E-state index contributed by atoms with van der Waals surface area (Å²) in [4.78, 5) is 26.3. The van der Waals surface area contributed by atoms with Gasteiger partial charge < -0.3 is 0 Å². The summed E-state index contributed by atoms with van der Waals surface area (Å²) in [7, 11) is 1.65. The molecule has 0 aliphatic heterocycles. The predicted molar refractivity (Wildman–Crippen MR) is 80.2 cm³/mol. The van der Waals surface area contributed by atoms with Gasteiger partial charge in [-0.1, -0.05) is 18.7 Å². The number of aromatic nitrogens is 3. The number of hydrogen-bond acceptors (Lipinski definition) is 6. The smallest absolute Gasteiger partial charge is 0.299 e. The van der Waals surface area contributed by atoms with E-state index in [-0.39, 0.29) is 5.25 Å². The Labute approximate surface area is 126 Å². The number of aromatic amines is 1. The summed E-state index contributed by atoms with van der Waals surface area (Å²) in [5.41, 5.74) is -1.97. The molecule has 2 unspecified atom stereocenters. The minimum atomic E-state index is -0.774. The van der Waals surface area contributed by atoms with Crippen molar-refractivity contribution in [3.8, 4) is 6.07 Å². The molecule has 2 N–H and O–H groups in total. The van der Waals surface area contributed by atoms with Gasteiger partial charge in [-0.25, -0.2) is 0 Å². The van der Waals surface area contributed by atoms with Gasteiger partial charge in [-0.05, 0) is 32.2 Å². The van der Waals surface area contributed by atoms with Gasteiger partial charge in [0.2, 0.25) is 0 Å².